The van der Waals surface area contributed by atoms with Gasteiger partial charge in [0, 0.05) is 24.4 Å². The second-order valence-corrected chi connectivity index (χ2v) is 6.55. The molecule has 0 aromatic carbocycles. The lowest BCUT2D eigenvalue weighted by Gasteiger charge is -2.24. The Morgan fingerprint density at radius 2 is 2.27 bits per heavy atom. The molecule has 0 radical (unpaired) electrons. The van der Waals surface area contributed by atoms with Crippen molar-refractivity contribution in [1.82, 2.24) is 15.1 Å². The summed E-state index contributed by atoms with van der Waals surface area (Å²) in [6, 6.07) is 3.94. The summed E-state index contributed by atoms with van der Waals surface area (Å²) in [6.45, 7) is 1.18. The predicted molar refractivity (Wildman–Crippen MR) is 82.4 cm³/mol. The summed E-state index contributed by atoms with van der Waals surface area (Å²) < 4.78 is 0. The fourth-order valence-corrected chi connectivity index (χ4v) is 3.93. The Bertz CT molecular complexity index is 557. The van der Waals surface area contributed by atoms with Crippen LogP contribution in [0, 0.1) is 0 Å². The van der Waals surface area contributed by atoms with Crippen LogP contribution in [0.15, 0.2) is 17.5 Å². The lowest BCUT2D eigenvalue weighted by atomic mass is 10.1. The Kier molecular flexibility index (Phi) is 4.42. The lowest BCUT2D eigenvalue weighted by molar-refractivity contribution is -0.132. The van der Waals surface area contributed by atoms with E-state index >= 15 is 0 Å². The van der Waals surface area contributed by atoms with Crippen LogP contribution in [-0.4, -0.2) is 47.3 Å². The third-order valence-electron chi connectivity index (χ3n) is 4.15. The maximum absolute atomic E-state index is 12.4. The Labute approximate surface area is 133 Å². The van der Waals surface area contributed by atoms with Crippen molar-refractivity contribution in [2.45, 2.75) is 31.7 Å². The van der Waals surface area contributed by atoms with Crippen LogP contribution in [0.3, 0.4) is 0 Å². The summed E-state index contributed by atoms with van der Waals surface area (Å²) in [4.78, 5) is 39.7. The smallest absolute Gasteiger partial charge is 0.324 e. The minimum atomic E-state index is -0.352. The monoisotopic (exact) mass is 321 g/mol. The largest absolute Gasteiger partial charge is 0.335 e. The van der Waals surface area contributed by atoms with Gasteiger partial charge >= 0.3 is 6.03 Å². The Hall–Kier alpha value is -1.89. The van der Waals surface area contributed by atoms with Crippen LogP contribution in [0.2, 0.25) is 0 Å². The van der Waals surface area contributed by atoms with Gasteiger partial charge in [-0.15, -0.1) is 11.3 Å². The average Bonchev–Trinajstić information content (AvgIpc) is 3.22. The fraction of sp³-hybridized carbons (Fsp3) is 0.533. The number of rotatable bonds is 5. The molecule has 0 saturated carbocycles. The highest BCUT2D eigenvalue weighted by Gasteiger charge is 2.31. The maximum Gasteiger partial charge on any atom is 0.324 e. The van der Waals surface area contributed by atoms with Gasteiger partial charge < -0.3 is 10.2 Å². The molecule has 1 aromatic heterocycles. The molecule has 1 unspecified atom stereocenters. The number of nitrogens with one attached hydrogen (secondary N) is 1. The van der Waals surface area contributed by atoms with Crippen molar-refractivity contribution in [3.63, 3.8) is 0 Å². The van der Waals surface area contributed by atoms with Crippen molar-refractivity contribution in [3.05, 3.63) is 22.4 Å². The van der Waals surface area contributed by atoms with E-state index in [1.807, 2.05) is 16.3 Å². The highest BCUT2D eigenvalue weighted by molar-refractivity contribution is 7.10. The number of nitrogens with zero attached hydrogens (tertiary/aromatic N) is 2. The molecule has 1 N–H and O–H groups in total. The number of carbonyl (C=O) groups is 3. The molecule has 0 aliphatic carbocycles. The molecule has 22 heavy (non-hydrogen) atoms. The Morgan fingerprint density at radius 1 is 1.41 bits per heavy atom. The number of hydrogen-bond acceptors (Lipinski definition) is 4. The molecule has 0 spiro atoms. The van der Waals surface area contributed by atoms with Crippen LogP contribution in [0.4, 0.5) is 4.79 Å². The molecule has 3 heterocycles. The van der Waals surface area contributed by atoms with E-state index < -0.39 is 0 Å². The molecule has 2 fully saturated rings. The minimum Gasteiger partial charge on any atom is -0.335 e. The number of hydrogen-bond donors (Lipinski definition) is 1. The zero-order valence-electron chi connectivity index (χ0n) is 12.3. The fourth-order valence-electron chi connectivity index (χ4n) is 3.06. The zero-order valence-corrected chi connectivity index (χ0v) is 13.1. The highest BCUT2D eigenvalue weighted by Crippen LogP contribution is 2.34. The Balaban J connectivity index is 1.51. The maximum atomic E-state index is 12.4. The van der Waals surface area contributed by atoms with Gasteiger partial charge in [0.25, 0.3) is 0 Å². The van der Waals surface area contributed by atoms with Crippen molar-refractivity contribution in [1.29, 1.82) is 0 Å². The van der Waals surface area contributed by atoms with E-state index in [0.29, 0.717) is 19.4 Å². The van der Waals surface area contributed by atoms with Crippen molar-refractivity contribution in [2.75, 3.05) is 19.6 Å². The zero-order chi connectivity index (χ0) is 15.5. The topological polar surface area (TPSA) is 69.7 Å². The molecule has 1 aromatic rings. The number of amides is 4. The van der Waals surface area contributed by atoms with E-state index in [-0.39, 0.29) is 30.4 Å². The molecular weight excluding hydrogens is 302 g/mol. The van der Waals surface area contributed by atoms with Crippen LogP contribution >= 0.6 is 11.3 Å². The SMILES string of the molecule is O=C1CNC(=O)N1CCCC(=O)N1CCCC1c1cccs1. The van der Waals surface area contributed by atoms with Gasteiger partial charge in [-0.3, -0.25) is 14.5 Å². The summed E-state index contributed by atoms with van der Waals surface area (Å²) >= 11 is 1.69. The van der Waals surface area contributed by atoms with E-state index in [1.54, 1.807) is 11.3 Å². The molecule has 1 atom stereocenters. The lowest BCUT2D eigenvalue weighted by Crippen LogP contribution is -2.34. The number of likely N-dealkylation sites (tertiary alicyclic amines) is 1. The van der Waals surface area contributed by atoms with E-state index in [0.717, 1.165) is 19.4 Å². The molecule has 2 aliphatic rings. The quantitative estimate of drug-likeness (QED) is 0.840. The second kappa shape index (κ2) is 6.48. The first-order valence-corrected chi connectivity index (χ1v) is 8.46. The van der Waals surface area contributed by atoms with Gasteiger partial charge in [0.15, 0.2) is 0 Å². The van der Waals surface area contributed by atoms with Crippen LogP contribution in [-0.2, 0) is 9.59 Å². The van der Waals surface area contributed by atoms with Crippen molar-refractivity contribution in [2.24, 2.45) is 0 Å². The first-order chi connectivity index (χ1) is 10.7. The summed E-state index contributed by atoms with van der Waals surface area (Å²) in [5.41, 5.74) is 0. The summed E-state index contributed by atoms with van der Waals surface area (Å²) in [7, 11) is 0. The van der Waals surface area contributed by atoms with Gasteiger partial charge in [0.1, 0.15) is 0 Å². The molecule has 118 valence electrons. The Morgan fingerprint density at radius 3 is 2.95 bits per heavy atom. The molecule has 0 bridgehead atoms. The number of thiophene rings is 1. The molecule has 3 rings (SSSR count). The van der Waals surface area contributed by atoms with Gasteiger partial charge in [-0.05, 0) is 30.7 Å². The van der Waals surface area contributed by atoms with E-state index in [2.05, 4.69) is 11.4 Å². The third-order valence-corrected chi connectivity index (χ3v) is 5.13. The summed E-state index contributed by atoms with van der Waals surface area (Å²) in [6.07, 6.45) is 2.94. The molecule has 6 nitrogen and oxygen atoms in total. The van der Waals surface area contributed by atoms with E-state index in [1.165, 1.54) is 9.78 Å². The molecule has 2 aliphatic heterocycles. The highest BCUT2D eigenvalue weighted by atomic mass is 32.1. The summed E-state index contributed by atoms with van der Waals surface area (Å²) in [5, 5.41) is 4.52. The number of urea groups is 1. The first-order valence-electron chi connectivity index (χ1n) is 7.58. The van der Waals surface area contributed by atoms with Gasteiger partial charge in [-0.1, -0.05) is 6.07 Å². The average molecular weight is 321 g/mol. The molecule has 4 amide bonds. The third kappa shape index (κ3) is 2.99. The van der Waals surface area contributed by atoms with Crippen LogP contribution in [0.25, 0.3) is 0 Å². The van der Waals surface area contributed by atoms with Gasteiger partial charge in [0.05, 0.1) is 12.6 Å². The minimum absolute atomic E-state index is 0.0688. The predicted octanol–water partition coefficient (Wildman–Crippen LogP) is 1.74. The molecule has 7 heteroatoms. The van der Waals surface area contributed by atoms with E-state index in [9.17, 15) is 14.4 Å². The van der Waals surface area contributed by atoms with Gasteiger partial charge in [-0.25, -0.2) is 4.79 Å². The van der Waals surface area contributed by atoms with E-state index in [4.69, 9.17) is 0 Å². The first kappa shape index (κ1) is 15.0. The van der Waals surface area contributed by atoms with Gasteiger partial charge in [-0.2, -0.15) is 0 Å². The standard InChI is InChI=1S/C15H19N3O3S/c19-13(6-2-8-18-14(20)10-16-15(18)21)17-7-1-4-11(17)12-5-3-9-22-12/h3,5,9,11H,1-2,4,6-8,10H2,(H,16,21). The van der Waals surface area contributed by atoms with Gasteiger partial charge in [0.2, 0.25) is 11.8 Å². The van der Waals surface area contributed by atoms with Crippen molar-refractivity contribution >= 4 is 29.2 Å². The normalized spacial score (nSPS) is 21.5. The number of carbonyl (C=O) groups excluding carboxylic acids is 3. The molecule has 2 saturated heterocycles. The van der Waals surface area contributed by atoms with Crippen LogP contribution in [0.1, 0.15) is 36.6 Å². The van der Waals surface area contributed by atoms with Crippen molar-refractivity contribution in [3.8, 4) is 0 Å². The van der Waals surface area contributed by atoms with Crippen LogP contribution in [0.5, 0.6) is 0 Å². The van der Waals surface area contributed by atoms with Crippen molar-refractivity contribution < 1.29 is 14.4 Å². The van der Waals surface area contributed by atoms with Crippen LogP contribution < -0.4 is 5.32 Å². The second-order valence-electron chi connectivity index (χ2n) is 5.57. The number of imide groups is 1. The summed E-state index contributed by atoms with van der Waals surface area (Å²) in [5.74, 6) is -0.0990. The molecular formula is C15H19N3O3S.